The molecule has 0 radical (unpaired) electrons. The molecule has 0 aliphatic carbocycles. The van der Waals surface area contributed by atoms with Crippen molar-refractivity contribution in [3.63, 3.8) is 0 Å². The van der Waals surface area contributed by atoms with Crippen molar-refractivity contribution >= 4 is 11.3 Å². The molecule has 0 fully saturated rings. The van der Waals surface area contributed by atoms with Crippen LogP contribution in [0.2, 0.25) is 0 Å². The molecule has 0 amide bonds. The minimum Gasteiger partial charge on any atom is -0.151 e. The molecule has 0 nitrogen and oxygen atoms in total. The molecule has 40 valence electrons. The topological polar surface area (TPSA) is 0 Å². The van der Waals surface area contributed by atoms with Crippen molar-refractivity contribution in [2.45, 2.75) is 6.92 Å². The van der Waals surface area contributed by atoms with E-state index in [0.29, 0.717) is 0 Å². The summed E-state index contributed by atoms with van der Waals surface area (Å²) in [4.78, 5) is 0. The minimum absolute atomic E-state index is 1.02. The van der Waals surface area contributed by atoms with Crippen LogP contribution >= 0.6 is 11.3 Å². The Bertz CT molecular complexity index is 215. The van der Waals surface area contributed by atoms with Gasteiger partial charge in [0.2, 0.25) is 0 Å². The van der Waals surface area contributed by atoms with E-state index < -0.39 is 0 Å². The molecule has 1 rings (SSSR count). The van der Waals surface area contributed by atoms with Gasteiger partial charge in [0, 0.05) is 10.9 Å². The molecule has 0 aliphatic rings. The summed E-state index contributed by atoms with van der Waals surface area (Å²) >= 11 is 1.65. The number of aryl methyl sites for hydroxylation is 1. The van der Waals surface area contributed by atoms with Crippen LogP contribution in [0.5, 0.6) is 0 Å². The Morgan fingerprint density at radius 3 is 2.62 bits per heavy atom. The quantitative estimate of drug-likeness (QED) is 0.462. The highest BCUT2D eigenvalue weighted by Gasteiger charge is 1.90. The van der Waals surface area contributed by atoms with Gasteiger partial charge < -0.3 is 0 Å². The monoisotopic (exact) mass is 122 g/mol. The fraction of sp³-hybridized carbons (Fsp3) is 0.143. The van der Waals surface area contributed by atoms with Gasteiger partial charge >= 0.3 is 0 Å². The Morgan fingerprint density at radius 2 is 2.38 bits per heavy atom. The molecule has 0 N–H and O–H groups in total. The second-order valence-electron chi connectivity index (χ2n) is 1.61. The fourth-order valence-electron chi connectivity index (χ4n) is 0.508. The maximum absolute atomic E-state index is 5.15. The molecular formula is C7H6S. The highest BCUT2D eigenvalue weighted by molar-refractivity contribution is 7.08. The van der Waals surface area contributed by atoms with Crippen molar-refractivity contribution in [3.8, 4) is 12.3 Å². The molecule has 0 saturated heterocycles. The Labute approximate surface area is 53.2 Å². The van der Waals surface area contributed by atoms with Crippen molar-refractivity contribution in [2.75, 3.05) is 0 Å². The summed E-state index contributed by atoms with van der Waals surface area (Å²) in [7, 11) is 0. The molecule has 1 aromatic heterocycles. The van der Waals surface area contributed by atoms with E-state index in [2.05, 4.69) is 11.3 Å². The Hall–Kier alpha value is -0.740. The largest absolute Gasteiger partial charge is 0.151 e. The summed E-state index contributed by atoms with van der Waals surface area (Å²) in [6.07, 6.45) is 5.15. The number of thiophene rings is 1. The van der Waals surface area contributed by atoms with Crippen LogP contribution in [0.4, 0.5) is 0 Å². The van der Waals surface area contributed by atoms with Gasteiger partial charge in [-0.05, 0) is 17.9 Å². The number of terminal acetylenes is 1. The standard InChI is InChI=1S/C7H6S/c1-3-7-5-8-4-6(7)2/h1,4-5H,2H3. The number of hydrogen-bond donors (Lipinski definition) is 0. The maximum atomic E-state index is 5.15. The molecule has 1 heterocycles. The van der Waals surface area contributed by atoms with Crippen LogP contribution in [0.15, 0.2) is 10.8 Å². The summed E-state index contributed by atoms with van der Waals surface area (Å²) < 4.78 is 0. The van der Waals surface area contributed by atoms with Gasteiger partial charge in [-0.15, -0.1) is 6.42 Å². The van der Waals surface area contributed by atoms with Crippen LogP contribution in [0.3, 0.4) is 0 Å². The third kappa shape index (κ3) is 0.753. The van der Waals surface area contributed by atoms with E-state index in [9.17, 15) is 0 Å². The maximum Gasteiger partial charge on any atom is 0.0378 e. The lowest BCUT2D eigenvalue weighted by molar-refractivity contribution is 1.52. The Kier molecular flexibility index (Phi) is 1.36. The third-order valence-electron chi connectivity index (χ3n) is 1.01. The summed E-state index contributed by atoms with van der Waals surface area (Å²) in [5, 5.41) is 4.03. The lowest BCUT2D eigenvalue weighted by Gasteiger charge is -1.79. The van der Waals surface area contributed by atoms with Crippen molar-refractivity contribution in [2.24, 2.45) is 0 Å². The minimum atomic E-state index is 1.02. The number of hydrogen-bond acceptors (Lipinski definition) is 1. The first-order valence-electron chi connectivity index (χ1n) is 2.34. The van der Waals surface area contributed by atoms with Crippen LogP contribution in [-0.4, -0.2) is 0 Å². The molecule has 1 heteroatoms. The van der Waals surface area contributed by atoms with Crippen molar-refractivity contribution in [1.29, 1.82) is 0 Å². The van der Waals surface area contributed by atoms with Gasteiger partial charge in [0.05, 0.1) is 0 Å². The zero-order valence-electron chi connectivity index (χ0n) is 4.64. The predicted octanol–water partition coefficient (Wildman–Crippen LogP) is 2.04. The molecule has 0 aliphatic heterocycles. The molecular weight excluding hydrogens is 116 g/mol. The lowest BCUT2D eigenvalue weighted by atomic mass is 10.2. The first-order chi connectivity index (χ1) is 3.84. The molecule has 0 unspecified atom stereocenters. The molecule has 0 saturated carbocycles. The van der Waals surface area contributed by atoms with Crippen LogP contribution in [0.1, 0.15) is 11.1 Å². The van der Waals surface area contributed by atoms with Gasteiger partial charge in [-0.3, -0.25) is 0 Å². The molecule has 0 aromatic carbocycles. The van der Waals surface area contributed by atoms with Gasteiger partial charge in [-0.25, -0.2) is 0 Å². The third-order valence-corrected chi connectivity index (χ3v) is 1.87. The zero-order chi connectivity index (χ0) is 5.98. The summed E-state index contributed by atoms with van der Waals surface area (Å²) in [5.74, 6) is 2.59. The van der Waals surface area contributed by atoms with Crippen molar-refractivity contribution in [1.82, 2.24) is 0 Å². The van der Waals surface area contributed by atoms with Gasteiger partial charge in [-0.1, -0.05) is 5.92 Å². The van der Waals surface area contributed by atoms with Gasteiger partial charge in [0.1, 0.15) is 0 Å². The Morgan fingerprint density at radius 1 is 1.62 bits per heavy atom. The zero-order valence-corrected chi connectivity index (χ0v) is 5.46. The van der Waals surface area contributed by atoms with Crippen LogP contribution in [-0.2, 0) is 0 Å². The Balaban J connectivity index is 3.15. The van der Waals surface area contributed by atoms with Crippen LogP contribution < -0.4 is 0 Å². The van der Waals surface area contributed by atoms with Crippen LogP contribution in [0.25, 0.3) is 0 Å². The second-order valence-corrected chi connectivity index (χ2v) is 2.36. The van der Waals surface area contributed by atoms with E-state index in [1.807, 2.05) is 12.3 Å². The van der Waals surface area contributed by atoms with E-state index in [4.69, 9.17) is 6.42 Å². The lowest BCUT2D eigenvalue weighted by Crippen LogP contribution is -1.67. The summed E-state index contributed by atoms with van der Waals surface area (Å²) in [6.45, 7) is 2.02. The van der Waals surface area contributed by atoms with Gasteiger partial charge in [0.15, 0.2) is 0 Å². The fourth-order valence-corrected chi connectivity index (χ4v) is 1.30. The first kappa shape index (κ1) is 5.40. The first-order valence-corrected chi connectivity index (χ1v) is 3.28. The van der Waals surface area contributed by atoms with Crippen LogP contribution in [0, 0.1) is 19.3 Å². The van der Waals surface area contributed by atoms with E-state index in [-0.39, 0.29) is 0 Å². The van der Waals surface area contributed by atoms with Gasteiger partial charge in [0.25, 0.3) is 0 Å². The number of rotatable bonds is 0. The molecule has 0 bridgehead atoms. The second kappa shape index (κ2) is 2.02. The normalized spacial score (nSPS) is 8.50. The van der Waals surface area contributed by atoms with E-state index >= 15 is 0 Å². The van der Waals surface area contributed by atoms with Crippen molar-refractivity contribution in [3.05, 3.63) is 21.9 Å². The average molecular weight is 122 g/mol. The molecule has 0 atom stereocenters. The van der Waals surface area contributed by atoms with Crippen molar-refractivity contribution < 1.29 is 0 Å². The average Bonchev–Trinajstić information content (AvgIpc) is 2.14. The van der Waals surface area contributed by atoms with Gasteiger partial charge in [-0.2, -0.15) is 11.3 Å². The SMILES string of the molecule is C#Cc1cscc1C. The predicted molar refractivity (Wildman–Crippen MR) is 37.0 cm³/mol. The van der Waals surface area contributed by atoms with E-state index in [1.165, 1.54) is 5.56 Å². The smallest absolute Gasteiger partial charge is 0.0378 e. The molecule has 0 spiro atoms. The highest BCUT2D eigenvalue weighted by atomic mass is 32.1. The highest BCUT2D eigenvalue weighted by Crippen LogP contribution is 2.10. The summed E-state index contributed by atoms with van der Waals surface area (Å²) in [5.41, 5.74) is 2.23. The van der Waals surface area contributed by atoms with E-state index in [0.717, 1.165) is 5.56 Å². The van der Waals surface area contributed by atoms with E-state index in [1.54, 1.807) is 11.3 Å². The molecule has 1 aromatic rings. The summed E-state index contributed by atoms with van der Waals surface area (Å²) in [6, 6.07) is 0. The molecule has 8 heavy (non-hydrogen) atoms.